The van der Waals surface area contributed by atoms with Gasteiger partial charge in [0.05, 0.1) is 17.4 Å². The summed E-state index contributed by atoms with van der Waals surface area (Å²) < 4.78 is 17.7. The topological polar surface area (TPSA) is 98.4 Å². The molecule has 29 heavy (non-hydrogen) atoms. The number of alkyl carbamates (subject to hydrolysis) is 1. The summed E-state index contributed by atoms with van der Waals surface area (Å²) >= 11 is 0. The molecule has 2 N–H and O–H groups in total. The van der Waals surface area contributed by atoms with Crippen LogP contribution in [-0.4, -0.2) is 51.7 Å². The number of nitrogens with one attached hydrogen (secondary N) is 2. The number of hydrogen-bond acceptors (Lipinski definition) is 6. The molecule has 1 aliphatic rings. The van der Waals surface area contributed by atoms with Crippen molar-refractivity contribution in [2.75, 3.05) is 6.54 Å². The molecule has 1 aliphatic heterocycles. The summed E-state index contributed by atoms with van der Waals surface area (Å²) in [6.07, 6.45) is 4.87. The van der Waals surface area contributed by atoms with Crippen LogP contribution in [0.2, 0.25) is 0 Å². The van der Waals surface area contributed by atoms with Crippen molar-refractivity contribution in [2.24, 2.45) is 0 Å². The smallest absolute Gasteiger partial charge is 0.444 e. The van der Waals surface area contributed by atoms with Crippen LogP contribution < -0.4 is 5.32 Å². The minimum atomic E-state index is -0.602. The molecule has 0 aliphatic carbocycles. The van der Waals surface area contributed by atoms with Crippen molar-refractivity contribution in [1.29, 1.82) is 0 Å². The Morgan fingerprint density at radius 2 is 1.90 bits per heavy atom. The molecule has 2 aromatic rings. The first-order chi connectivity index (χ1) is 13.4. The summed E-state index contributed by atoms with van der Waals surface area (Å²) in [5.74, 6) is 0. The number of aromatic amines is 1. The number of amides is 1. The van der Waals surface area contributed by atoms with Crippen molar-refractivity contribution >= 4 is 30.3 Å². The Morgan fingerprint density at radius 3 is 2.52 bits per heavy atom. The van der Waals surface area contributed by atoms with Crippen LogP contribution in [0.5, 0.6) is 0 Å². The summed E-state index contributed by atoms with van der Waals surface area (Å²) in [6, 6.07) is 1.96. The molecule has 0 aromatic carbocycles. The van der Waals surface area contributed by atoms with E-state index in [9.17, 15) is 4.79 Å². The number of ether oxygens (including phenoxy) is 1. The molecular formula is C20H29BN4O4. The summed E-state index contributed by atoms with van der Waals surface area (Å²) in [5.41, 5.74) is 0.777. The van der Waals surface area contributed by atoms with Crippen LogP contribution >= 0.6 is 0 Å². The van der Waals surface area contributed by atoms with Gasteiger partial charge in [0.15, 0.2) is 5.65 Å². The first kappa shape index (κ1) is 21.3. The lowest BCUT2D eigenvalue weighted by molar-refractivity contribution is 0.00578. The van der Waals surface area contributed by atoms with Crippen LogP contribution in [0.1, 0.15) is 54.0 Å². The molecule has 8 nitrogen and oxygen atoms in total. The number of rotatable bonds is 4. The van der Waals surface area contributed by atoms with E-state index in [1.165, 1.54) is 0 Å². The predicted molar refractivity (Wildman–Crippen MR) is 112 cm³/mol. The standard InChI is InChI=1S/C20H29BN4O4/c1-18(2,3)27-17(26)23-12-15(21-28-19(4,5)20(6,7)29-21)9-13-8-14-11-24-25-16(14)22-10-13/h8-11H,12H2,1-7H3,(H,23,26)(H,22,24,25). The Balaban J connectivity index is 1.86. The van der Waals surface area contributed by atoms with Gasteiger partial charge >= 0.3 is 13.2 Å². The maximum absolute atomic E-state index is 12.2. The van der Waals surface area contributed by atoms with Crippen LogP contribution in [0, 0.1) is 0 Å². The van der Waals surface area contributed by atoms with Crippen LogP contribution in [0.15, 0.2) is 23.9 Å². The fraction of sp³-hybridized carbons (Fsp3) is 0.550. The molecule has 0 atom stereocenters. The zero-order chi connectivity index (χ0) is 21.4. The minimum absolute atomic E-state index is 0.217. The van der Waals surface area contributed by atoms with Gasteiger partial charge in [-0.3, -0.25) is 5.10 Å². The molecule has 0 saturated carbocycles. The number of carbonyl (C=O) groups excluding carboxylic acids is 1. The fourth-order valence-electron chi connectivity index (χ4n) is 2.83. The predicted octanol–water partition coefficient (Wildman–Crippen LogP) is 3.50. The highest BCUT2D eigenvalue weighted by atomic mass is 16.7. The van der Waals surface area contributed by atoms with E-state index in [1.807, 2.05) is 60.6 Å². The number of hydrogen-bond donors (Lipinski definition) is 2. The second-order valence-corrected chi connectivity index (χ2v) is 9.24. The third-order valence-corrected chi connectivity index (χ3v) is 5.06. The lowest BCUT2D eigenvalue weighted by Gasteiger charge is -2.32. The van der Waals surface area contributed by atoms with Gasteiger partial charge in [-0.15, -0.1) is 0 Å². The highest BCUT2D eigenvalue weighted by molar-refractivity contribution is 6.56. The molecule has 3 rings (SSSR count). The number of fused-ring (bicyclic) bond motifs is 1. The van der Waals surface area contributed by atoms with E-state index in [0.717, 1.165) is 16.4 Å². The molecule has 1 amide bonds. The lowest BCUT2D eigenvalue weighted by Crippen LogP contribution is -2.41. The third kappa shape index (κ3) is 4.97. The fourth-order valence-corrected chi connectivity index (χ4v) is 2.83. The number of carbonyl (C=O) groups is 1. The molecular weight excluding hydrogens is 371 g/mol. The van der Waals surface area contributed by atoms with Crippen molar-refractivity contribution in [3.63, 3.8) is 0 Å². The largest absolute Gasteiger partial charge is 0.492 e. The van der Waals surface area contributed by atoms with Crippen molar-refractivity contribution in [3.05, 3.63) is 29.5 Å². The van der Waals surface area contributed by atoms with Crippen molar-refractivity contribution < 1.29 is 18.8 Å². The Labute approximate surface area is 171 Å². The normalized spacial score (nSPS) is 18.9. The average molecular weight is 400 g/mol. The molecule has 1 saturated heterocycles. The first-order valence-corrected chi connectivity index (χ1v) is 9.68. The molecule has 0 radical (unpaired) electrons. The van der Waals surface area contributed by atoms with Crippen molar-refractivity contribution in [3.8, 4) is 0 Å². The molecule has 3 heterocycles. The van der Waals surface area contributed by atoms with Crippen LogP contribution in [-0.2, 0) is 14.0 Å². The maximum Gasteiger partial charge on any atom is 0.492 e. The maximum atomic E-state index is 12.2. The second kappa shape index (κ2) is 7.46. The number of nitrogens with zero attached hydrogens (tertiary/aromatic N) is 2. The van der Waals surface area contributed by atoms with E-state index in [0.29, 0.717) is 5.65 Å². The lowest BCUT2D eigenvalue weighted by atomic mass is 9.77. The first-order valence-electron chi connectivity index (χ1n) is 9.68. The summed E-state index contributed by atoms with van der Waals surface area (Å²) in [7, 11) is -0.602. The highest BCUT2D eigenvalue weighted by Gasteiger charge is 2.52. The van der Waals surface area contributed by atoms with E-state index in [-0.39, 0.29) is 6.54 Å². The van der Waals surface area contributed by atoms with Gasteiger partial charge in [0.1, 0.15) is 5.60 Å². The summed E-state index contributed by atoms with van der Waals surface area (Å²) in [4.78, 5) is 16.5. The molecule has 0 bridgehead atoms. The van der Waals surface area contributed by atoms with Gasteiger partial charge in [0.25, 0.3) is 0 Å². The number of aromatic nitrogens is 3. The molecule has 156 valence electrons. The van der Waals surface area contributed by atoms with Gasteiger partial charge < -0.3 is 19.4 Å². The van der Waals surface area contributed by atoms with Crippen LogP contribution in [0.4, 0.5) is 4.79 Å². The third-order valence-electron chi connectivity index (χ3n) is 5.06. The van der Waals surface area contributed by atoms with E-state index >= 15 is 0 Å². The van der Waals surface area contributed by atoms with Crippen LogP contribution in [0.3, 0.4) is 0 Å². The minimum Gasteiger partial charge on any atom is -0.444 e. The SMILES string of the molecule is CC(C)(C)OC(=O)NCC(=Cc1cnc2[nH]ncc2c1)B1OC(C)(C)C(C)(C)O1. The summed E-state index contributed by atoms with van der Waals surface area (Å²) in [5, 5.41) is 10.5. The van der Waals surface area contributed by atoms with E-state index in [1.54, 1.807) is 12.4 Å². The van der Waals surface area contributed by atoms with E-state index < -0.39 is 30.0 Å². The Hall–Kier alpha value is -2.39. The summed E-state index contributed by atoms with van der Waals surface area (Å²) in [6.45, 7) is 13.7. The highest BCUT2D eigenvalue weighted by Crippen LogP contribution is 2.38. The molecule has 2 aromatic heterocycles. The Morgan fingerprint density at radius 1 is 1.24 bits per heavy atom. The number of H-pyrrole nitrogens is 1. The molecule has 0 unspecified atom stereocenters. The van der Waals surface area contributed by atoms with Gasteiger partial charge in [-0.25, -0.2) is 9.78 Å². The van der Waals surface area contributed by atoms with Gasteiger partial charge in [-0.1, -0.05) is 6.08 Å². The number of pyridine rings is 1. The van der Waals surface area contributed by atoms with Crippen LogP contribution in [0.25, 0.3) is 17.1 Å². The average Bonchev–Trinajstić information content (AvgIpc) is 3.11. The van der Waals surface area contributed by atoms with E-state index in [2.05, 4.69) is 20.5 Å². The van der Waals surface area contributed by atoms with Crippen molar-refractivity contribution in [2.45, 2.75) is 65.3 Å². The van der Waals surface area contributed by atoms with Gasteiger partial charge in [0.2, 0.25) is 0 Å². The molecule has 1 fully saturated rings. The molecule has 9 heteroatoms. The Kier molecular flexibility index (Phi) is 5.49. The zero-order valence-electron chi connectivity index (χ0n) is 18.1. The van der Waals surface area contributed by atoms with Gasteiger partial charge in [0, 0.05) is 18.1 Å². The Bertz CT molecular complexity index is 914. The monoisotopic (exact) mass is 400 g/mol. The quantitative estimate of drug-likeness (QED) is 0.763. The molecule has 0 spiro atoms. The zero-order valence-corrected chi connectivity index (χ0v) is 18.1. The van der Waals surface area contributed by atoms with Gasteiger partial charge in [-0.2, -0.15) is 5.10 Å². The van der Waals surface area contributed by atoms with E-state index in [4.69, 9.17) is 14.0 Å². The van der Waals surface area contributed by atoms with Gasteiger partial charge in [-0.05, 0) is 65.6 Å². The second-order valence-electron chi connectivity index (χ2n) is 9.24. The van der Waals surface area contributed by atoms with Crippen molar-refractivity contribution in [1.82, 2.24) is 20.5 Å².